The number of fused-ring (bicyclic) bond motifs is 6. The number of hydrogen-bond donors (Lipinski definition) is 0. The standard InChI is InChI=1S/C39H28O/c1-2-9-27(10-3-1)28-12-8-13-29(23-28)30-18-20-34-32(24-31-11-4-5-14-33(31)37(34)25-30)21-26-17-19-36-35-15-6-7-16-38(35)40-39(36)22-26/h1-20,22-23,25,32H,21,24H2. The Hall–Kier alpha value is -4.88. The fraction of sp³-hybridized carbons (Fsp3) is 0.0769. The molecule has 0 saturated heterocycles. The number of rotatable bonds is 4. The van der Waals surface area contributed by atoms with Gasteiger partial charge in [-0.2, -0.15) is 0 Å². The maximum atomic E-state index is 6.21. The molecule has 1 aliphatic carbocycles. The molecule has 0 fully saturated rings. The Labute approximate surface area is 234 Å². The average molecular weight is 513 g/mol. The van der Waals surface area contributed by atoms with Crippen molar-refractivity contribution in [3.8, 4) is 33.4 Å². The molecular formula is C39H28O. The van der Waals surface area contributed by atoms with Crippen molar-refractivity contribution in [2.45, 2.75) is 18.8 Å². The Morgan fingerprint density at radius 3 is 2.15 bits per heavy atom. The van der Waals surface area contributed by atoms with Gasteiger partial charge in [0.1, 0.15) is 11.2 Å². The summed E-state index contributed by atoms with van der Waals surface area (Å²) in [5.41, 5.74) is 13.8. The highest BCUT2D eigenvalue weighted by atomic mass is 16.3. The molecule has 1 unspecified atom stereocenters. The smallest absolute Gasteiger partial charge is 0.135 e. The Bertz CT molecular complexity index is 2010. The molecule has 6 aromatic carbocycles. The highest BCUT2D eigenvalue weighted by molar-refractivity contribution is 6.04. The maximum Gasteiger partial charge on any atom is 0.135 e. The highest BCUT2D eigenvalue weighted by Crippen LogP contribution is 2.43. The molecule has 1 heteroatoms. The molecular weight excluding hydrogens is 484 g/mol. The SMILES string of the molecule is c1ccc(-c2cccc(-c3ccc4c(c3)-c3ccccc3CC4Cc3ccc4c(c3)oc3ccccc34)c2)cc1. The normalized spacial score (nSPS) is 14.2. The molecule has 0 bridgehead atoms. The third kappa shape index (κ3) is 3.94. The predicted molar refractivity (Wildman–Crippen MR) is 167 cm³/mol. The lowest BCUT2D eigenvalue weighted by Gasteiger charge is -2.29. The fourth-order valence-corrected chi connectivity index (χ4v) is 6.53. The lowest BCUT2D eigenvalue weighted by atomic mass is 9.75. The third-order valence-corrected chi connectivity index (χ3v) is 8.50. The van der Waals surface area contributed by atoms with Crippen LogP contribution in [0.5, 0.6) is 0 Å². The van der Waals surface area contributed by atoms with E-state index in [-0.39, 0.29) is 0 Å². The van der Waals surface area contributed by atoms with E-state index in [9.17, 15) is 0 Å². The monoisotopic (exact) mass is 512 g/mol. The van der Waals surface area contributed by atoms with Crippen molar-refractivity contribution in [2.75, 3.05) is 0 Å². The van der Waals surface area contributed by atoms with Crippen molar-refractivity contribution in [3.63, 3.8) is 0 Å². The first-order valence-electron chi connectivity index (χ1n) is 14.1. The van der Waals surface area contributed by atoms with Crippen molar-refractivity contribution in [3.05, 3.63) is 156 Å². The van der Waals surface area contributed by atoms with Crippen molar-refractivity contribution >= 4 is 21.9 Å². The summed E-state index contributed by atoms with van der Waals surface area (Å²) in [6, 6.07) is 50.6. The molecule has 8 rings (SSSR count). The summed E-state index contributed by atoms with van der Waals surface area (Å²) in [4.78, 5) is 0. The Morgan fingerprint density at radius 1 is 0.500 bits per heavy atom. The quantitative estimate of drug-likeness (QED) is 0.229. The van der Waals surface area contributed by atoms with Gasteiger partial charge in [-0.25, -0.2) is 0 Å². The van der Waals surface area contributed by atoms with Gasteiger partial charge in [-0.3, -0.25) is 0 Å². The van der Waals surface area contributed by atoms with E-state index in [0.717, 1.165) is 24.0 Å². The first-order valence-corrected chi connectivity index (χ1v) is 14.1. The van der Waals surface area contributed by atoms with Crippen molar-refractivity contribution in [1.29, 1.82) is 0 Å². The van der Waals surface area contributed by atoms with E-state index >= 15 is 0 Å². The minimum Gasteiger partial charge on any atom is -0.456 e. The van der Waals surface area contributed by atoms with E-state index < -0.39 is 0 Å². The summed E-state index contributed by atoms with van der Waals surface area (Å²) in [6.07, 6.45) is 2.03. The van der Waals surface area contributed by atoms with Crippen LogP contribution in [0.2, 0.25) is 0 Å². The van der Waals surface area contributed by atoms with Gasteiger partial charge in [-0.1, -0.05) is 115 Å². The molecule has 1 aromatic heterocycles. The summed E-state index contributed by atoms with van der Waals surface area (Å²) < 4.78 is 6.21. The zero-order chi connectivity index (χ0) is 26.5. The van der Waals surface area contributed by atoms with Gasteiger partial charge in [0.05, 0.1) is 0 Å². The molecule has 40 heavy (non-hydrogen) atoms. The van der Waals surface area contributed by atoms with Crippen LogP contribution in [0.3, 0.4) is 0 Å². The van der Waals surface area contributed by atoms with Crippen LogP contribution >= 0.6 is 0 Å². The van der Waals surface area contributed by atoms with E-state index in [1.807, 2.05) is 6.07 Å². The van der Waals surface area contributed by atoms with Crippen molar-refractivity contribution in [1.82, 2.24) is 0 Å². The predicted octanol–water partition coefficient (Wildman–Crippen LogP) is 10.5. The van der Waals surface area contributed by atoms with Crippen LogP contribution < -0.4 is 0 Å². The van der Waals surface area contributed by atoms with Gasteiger partial charge in [0.2, 0.25) is 0 Å². The first-order chi connectivity index (χ1) is 19.8. The van der Waals surface area contributed by atoms with E-state index in [4.69, 9.17) is 4.42 Å². The molecule has 0 N–H and O–H groups in total. The van der Waals surface area contributed by atoms with Crippen LogP contribution in [0, 0.1) is 0 Å². The molecule has 0 aliphatic heterocycles. The molecule has 0 radical (unpaired) electrons. The van der Waals surface area contributed by atoms with Crippen LogP contribution in [0.25, 0.3) is 55.3 Å². The van der Waals surface area contributed by atoms with E-state index in [1.54, 1.807) is 0 Å². The van der Waals surface area contributed by atoms with E-state index in [1.165, 1.54) is 60.8 Å². The molecule has 7 aromatic rings. The minimum absolute atomic E-state index is 0.413. The lowest BCUT2D eigenvalue weighted by molar-refractivity contribution is 0.659. The summed E-state index contributed by atoms with van der Waals surface area (Å²) in [5.74, 6) is 0.413. The van der Waals surface area contributed by atoms with Crippen LogP contribution in [0.4, 0.5) is 0 Å². The largest absolute Gasteiger partial charge is 0.456 e. The number of benzene rings is 6. The van der Waals surface area contributed by atoms with Gasteiger partial charge < -0.3 is 4.42 Å². The maximum absolute atomic E-state index is 6.21. The minimum atomic E-state index is 0.413. The van der Waals surface area contributed by atoms with Crippen LogP contribution in [-0.2, 0) is 12.8 Å². The topological polar surface area (TPSA) is 13.1 Å². The molecule has 1 nitrogen and oxygen atoms in total. The van der Waals surface area contributed by atoms with Crippen molar-refractivity contribution in [2.24, 2.45) is 0 Å². The van der Waals surface area contributed by atoms with Crippen LogP contribution in [-0.4, -0.2) is 0 Å². The second-order valence-corrected chi connectivity index (χ2v) is 10.9. The molecule has 190 valence electrons. The highest BCUT2D eigenvalue weighted by Gasteiger charge is 2.25. The number of hydrogen-bond acceptors (Lipinski definition) is 1. The Kier molecular flexibility index (Phi) is 5.41. The molecule has 0 spiro atoms. The van der Waals surface area contributed by atoms with Crippen LogP contribution in [0.1, 0.15) is 22.6 Å². The second-order valence-electron chi connectivity index (χ2n) is 10.9. The molecule has 1 aliphatic rings. The van der Waals surface area contributed by atoms with E-state index in [0.29, 0.717) is 5.92 Å². The zero-order valence-electron chi connectivity index (χ0n) is 22.2. The van der Waals surface area contributed by atoms with Gasteiger partial charge >= 0.3 is 0 Å². The molecule has 1 heterocycles. The van der Waals surface area contributed by atoms with Gasteiger partial charge in [0.25, 0.3) is 0 Å². The second kappa shape index (κ2) is 9.39. The summed E-state index contributed by atoms with van der Waals surface area (Å²) >= 11 is 0. The third-order valence-electron chi connectivity index (χ3n) is 8.50. The number of furan rings is 1. The van der Waals surface area contributed by atoms with Gasteiger partial charge in [-0.05, 0) is 93.1 Å². The Morgan fingerprint density at radius 2 is 1.23 bits per heavy atom. The van der Waals surface area contributed by atoms with Gasteiger partial charge in [0, 0.05) is 10.8 Å². The average Bonchev–Trinajstić information content (AvgIpc) is 3.39. The van der Waals surface area contributed by atoms with E-state index in [2.05, 4.69) is 133 Å². The molecule has 0 amide bonds. The van der Waals surface area contributed by atoms with Crippen molar-refractivity contribution < 1.29 is 4.42 Å². The van der Waals surface area contributed by atoms with Gasteiger partial charge in [0.15, 0.2) is 0 Å². The molecule has 0 saturated carbocycles. The number of para-hydroxylation sites is 1. The fourth-order valence-electron chi connectivity index (χ4n) is 6.53. The van der Waals surface area contributed by atoms with Gasteiger partial charge in [-0.15, -0.1) is 0 Å². The summed E-state index contributed by atoms with van der Waals surface area (Å²) in [5, 5.41) is 2.38. The first kappa shape index (κ1) is 23.0. The molecule has 1 atom stereocenters. The summed E-state index contributed by atoms with van der Waals surface area (Å²) in [7, 11) is 0. The zero-order valence-corrected chi connectivity index (χ0v) is 22.2. The van der Waals surface area contributed by atoms with Crippen LogP contribution in [0.15, 0.2) is 144 Å². The summed E-state index contributed by atoms with van der Waals surface area (Å²) in [6.45, 7) is 0. The lowest BCUT2D eigenvalue weighted by Crippen LogP contribution is -2.14. The Balaban J connectivity index is 1.18.